The Morgan fingerprint density at radius 1 is 0.975 bits per heavy atom. The van der Waals surface area contributed by atoms with E-state index in [2.05, 4.69) is 0 Å². The molecule has 0 saturated carbocycles. The number of carbonyl (C=O) groups excluding carboxylic acids is 1. The molecule has 0 bridgehead atoms. The maximum atomic E-state index is 14.8. The van der Waals surface area contributed by atoms with E-state index in [0.29, 0.717) is 18.6 Å². The van der Waals surface area contributed by atoms with Gasteiger partial charge in [-0.2, -0.15) is 8.42 Å². The highest BCUT2D eigenvalue weighted by atomic mass is 35.5. The first kappa shape index (κ1) is 28.7. The molecule has 212 valence electrons. The molecule has 2 amide bonds. The van der Waals surface area contributed by atoms with Gasteiger partial charge in [-0.05, 0) is 43.2 Å². The number of ether oxygens (including phenoxy) is 2. The fraction of sp³-hybridized carbons (Fsp3) is 0.321. The summed E-state index contributed by atoms with van der Waals surface area (Å²) in [7, 11) is -1.83. The van der Waals surface area contributed by atoms with Crippen LogP contribution in [-0.4, -0.2) is 69.5 Å². The lowest BCUT2D eigenvalue weighted by Gasteiger charge is -2.37. The molecule has 0 aromatic heterocycles. The van der Waals surface area contributed by atoms with Crippen molar-refractivity contribution in [2.75, 3.05) is 33.9 Å². The molecule has 3 aromatic rings. The second-order valence-electron chi connectivity index (χ2n) is 9.89. The Labute approximate surface area is 242 Å². The van der Waals surface area contributed by atoms with E-state index in [4.69, 9.17) is 32.7 Å². The van der Waals surface area contributed by atoms with Gasteiger partial charge in [-0.3, -0.25) is 4.90 Å². The lowest BCUT2D eigenvalue weighted by Crippen LogP contribution is -2.64. The van der Waals surface area contributed by atoms with Crippen molar-refractivity contribution in [2.45, 2.75) is 29.4 Å². The highest BCUT2D eigenvalue weighted by Gasteiger charge is 2.66. The normalized spacial score (nSPS) is 23.1. The molecule has 0 radical (unpaired) electrons. The van der Waals surface area contributed by atoms with Gasteiger partial charge in [0.05, 0.1) is 25.9 Å². The van der Waals surface area contributed by atoms with Crippen LogP contribution in [-0.2, 0) is 15.6 Å². The number of piperidine rings is 1. The van der Waals surface area contributed by atoms with Crippen LogP contribution in [0.1, 0.15) is 24.0 Å². The molecule has 3 aromatic carbocycles. The van der Waals surface area contributed by atoms with E-state index in [1.54, 1.807) is 24.3 Å². The number of quaternary nitrogens is 1. The van der Waals surface area contributed by atoms with Crippen molar-refractivity contribution in [1.82, 2.24) is 8.79 Å². The van der Waals surface area contributed by atoms with E-state index in [1.165, 1.54) is 55.5 Å². The molecule has 9 nitrogen and oxygen atoms in total. The van der Waals surface area contributed by atoms with E-state index in [-0.39, 0.29) is 50.6 Å². The van der Waals surface area contributed by atoms with Crippen molar-refractivity contribution in [3.05, 3.63) is 81.8 Å². The Kier molecular flexibility index (Phi) is 7.54. The predicted molar refractivity (Wildman–Crippen MR) is 152 cm³/mol. The standard InChI is InChI=1S/C28H29Cl2N2O7S/c1-38-25-10-8-20(16-26(25)39-2)40(36,37)32(27(34)31-13-11-19(33)12-14-31)17-28(35,21-5-3-4-6-23(21)30)22-15-18(29)7-9-24(22)32/h3-10,15-16,19,33,35H,11-14,17H2,1-2H3/q+1. The summed E-state index contributed by atoms with van der Waals surface area (Å²) in [5, 5.41) is 22.9. The Balaban J connectivity index is 1.81. The first-order valence-corrected chi connectivity index (χ1v) is 14.8. The number of sulfonamides is 1. The highest BCUT2D eigenvalue weighted by molar-refractivity contribution is 7.91. The van der Waals surface area contributed by atoms with Crippen molar-refractivity contribution < 1.29 is 32.9 Å². The number of urea groups is 1. The van der Waals surface area contributed by atoms with E-state index in [9.17, 15) is 23.4 Å². The van der Waals surface area contributed by atoms with Gasteiger partial charge >= 0.3 is 16.1 Å². The first-order chi connectivity index (χ1) is 19.0. The highest BCUT2D eigenvalue weighted by Crippen LogP contribution is 2.53. The summed E-state index contributed by atoms with van der Waals surface area (Å²) in [4.78, 5) is 15.8. The molecule has 5 rings (SSSR count). The molecule has 2 N–H and O–H groups in total. The summed E-state index contributed by atoms with van der Waals surface area (Å²) in [5.41, 5.74) is -1.54. The van der Waals surface area contributed by atoms with Gasteiger partial charge in [-0.25, -0.2) is 4.79 Å². The number of fused-ring (bicyclic) bond motifs is 1. The van der Waals surface area contributed by atoms with Crippen LogP contribution in [0.25, 0.3) is 0 Å². The number of rotatable bonds is 5. The molecule has 2 aliphatic heterocycles. The number of aliphatic hydroxyl groups excluding tert-OH is 1. The topological polar surface area (TPSA) is 113 Å². The van der Waals surface area contributed by atoms with Crippen LogP contribution in [0, 0.1) is 0 Å². The van der Waals surface area contributed by atoms with Crippen molar-refractivity contribution in [1.29, 1.82) is 0 Å². The maximum absolute atomic E-state index is 14.8. The lowest BCUT2D eigenvalue weighted by atomic mass is 9.88. The van der Waals surface area contributed by atoms with Crippen LogP contribution < -0.4 is 13.4 Å². The quantitative estimate of drug-likeness (QED) is 0.410. The molecule has 2 heterocycles. The molecule has 2 unspecified atom stereocenters. The Morgan fingerprint density at radius 3 is 2.30 bits per heavy atom. The van der Waals surface area contributed by atoms with Crippen LogP contribution in [0.15, 0.2) is 65.6 Å². The third kappa shape index (κ3) is 4.34. The molecule has 12 heteroatoms. The van der Waals surface area contributed by atoms with E-state index in [1.807, 2.05) is 0 Å². The van der Waals surface area contributed by atoms with Crippen LogP contribution in [0.2, 0.25) is 10.0 Å². The summed E-state index contributed by atoms with van der Waals surface area (Å²) in [6.45, 7) is -0.301. The molecule has 1 saturated heterocycles. The number of hydrogen-bond acceptors (Lipinski definition) is 7. The third-order valence-electron chi connectivity index (χ3n) is 7.67. The van der Waals surface area contributed by atoms with Gasteiger partial charge in [0.1, 0.15) is 11.4 Å². The van der Waals surface area contributed by atoms with Crippen molar-refractivity contribution >= 4 is 44.9 Å². The number of nitrogens with zero attached hydrogens (tertiary/aromatic N) is 2. The minimum atomic E-state index is -4.64. The molecule has 0 spiro atoms. The van der Waals surface area contributed by atoms with Crippen LogP contribution in [0.3, 0.4) is 0 Å². The molecule has 40 heavy (non-hydrogen) atoms. The zero-order valence-corrected chi connectivity index (χ0v) is 24.2. The average Bonchev–Trinajstić information content (AvgIpc) is 3.22. The zero-order valence-electron chi connectivity index (χ0n) is 21.9. The average molecular weight is 609 g/mol. The monoisotopic (exact) mass is 607 g/mol. The number of benzene rings is 3. The maximum Gasteiger partial charge on any atom is 0.440 e. The van der Waals surface area contributed by atoms with E-state index >= 15 is 0 Å². The van der Waals surface area contributed by atoms with Crippen molar-refractivity contribution in [3.8, 4) is 11.5 Å². The third-order valence-corrected chi connectivity index (χ3v) is 10.4. The first-order valence-electron chi connectivity index (χ1n) is 12.6. The molecule has 2 aliphatic rings. The molecule has 2 atom stereocenters. The van der Waals surface area contributed by atoms with Gasteiger partial charge in [-0.1, -0.05) is 45.3 Å². The summed E-state index contributed by atoms with van der Waals surface area (Å²) in [6, 6.07) is 14.3. The van der Waals surface area contributed by atoms with Gasteiger partial charge < -0.3 is 19.7 Å². The SMILES string of the molecule is COc1ccc(S(=O)(=O)[N+]2(C(=O)N3CCC(O)CC3)CC(O)(c3ccccc3Cl)c3cc(Cl)ccc32)cc1OC. The summed E-state index contributed by atoms with van der Waals surface area (Å²) >= 11 is 12.9. The number of aliphatic hydroxyl groups is 2. The number of halogens is 2. The number of hydrogen-bond donors (Lipinski definition) is 2. The van der Waals surface area contributed by atoms with E-state index in [0.717, 1.165) is 0 Å². The number of carbonyl (C=O) groups is 1. The molecular formula is C28H29Cl2N2O7S+. The second kappa shape index (κ2) is 10.5. The number of amides is 2. The van der Waals surface area contributed by atoms with Gasteiger partial charge in [0.15, 0.2) is 22.8 Å². The minimum Gasteiger partial charge on any atom is -0.493 e. The Morgan fingerprint density at radius 2 is 1.65 bits per heavy atom. The molecule has 0 aliphatic carbocycles. The van der Waals surface area contributed by atoms with Gasteiger partial charge in [0.2, 0.25) is 0 Å². The molecular weight excluding hydrogens is 579 g/mol. The number of methoxy groups -OCH3 is 2. The van der Waals surface area contributed by atoms with E-state index < -0.39 is 38.2 Å². The second-order valence-corrected chi connectivity index (χ2v) is 12.8. The Bertz CT molecular complexity index is 1580. The Hall–Kier alpha value is -2.86. The van der Waals surface area contributed by atoms with Gasteiger partial charge in [-0.15, -0.1) is 0 Å². The summed E-state index contributed by atoms with van der Waals surface area (Å²) in [5.74, 6) is 0.470. The summed E-state index contributed by atoms with van der Waals surface area (Å²) < 4.78 is 39.0. The zero-order chi connectivity index (χ0) is 28.9. The minimum absolute atomic E-state index is 0.0535. The van der Waals surface area contributed by atoms with Crippen molar-refractivity contribution in [3.63, 3.8) is 0 Å². The molecule has 1 fully saturated rings. The largest absolute Gasteiger partial charge is 0.493 e. The van der Waals surface area contributed by atoms with Crippen LogP contribution >= 0.6 is 23.2 Å². The van der Waals surface area contributed by atoms with Crippen molar-refractivity contribution in [2.24, 2.45) is 0 Å². The predicted octanol–water partition coefficient (Wildman–Crippen LogP) is 4.53. The van der Waals surface area contributed by atoms with Gasteiger partial charge in [0, 0.05) is 40.8 Å². The fourth-order valence-electron chi connectivity index (χ4n) is 5.60. The summed E-state index contributed by atoms with van der Waals surface area (Å²) in [6.07, 6.45) is -0.000815. The van der Waals surface area contributed by atoms with Crippen LogP contribution in [0.4, 0.5) is 10.5 Å². The van der Waals surface area contributed by atoms with Gasteiger partial charge in [0.25, 0.3) is 0 Å². The van der Waals surface area contributed by atoms with Crippen LogP contribution in [0.5, 0.6) is 11.5 Å². The smallest absolute Gasteiger partial charge is 0.440 e. The lowest BCUT2D eigenvalue weighted by molar-refractivity contribution is 0.0677. The fourth-order valence-corrected chi connectivity index (χ4v) is 8.02. The number of likely N-dealkylation sites (tertiary alicyclic amines) is 1.